The van der Waals surface area contributed by atoms with Crippen LogP contribution in [-0.2, 0) is 5.88 Å². The van der Waals surface area contributed by atoms with Crippen molar-refractivity contribution in [3.63, 3.8) is 0 Å². The van der Waals surface area contributed by atoms with E-state index in [2.05, 4.69) is 9.97 Å². The first-order valence-corrected chi connectivity index (χ1v) is 5.81. The summed E-state index contributed by atoms with van der Waals surface area (Å²) in [6.07, 6.45) is 3.16. The average Bonchev–Trinajstić information content (AvgIpc) is 2.27. The van der Waals surface area contributed by atoms with E-state index < -0.39 is 0 Å². The van der Waals surface area contributed by atoms with Crippen LogP contribution in [0.5, 0.6) is 0 Å². The normalized spacial score (nSPS) is 10.4. The van der Waals surface area contributed by atoms with E-state index >= 15 is 0 Å². The predicted molar refractivity (Wildman–Crippen MR) is 67.0 cm³/mol. The maximum atomic E-state index is 5.93. The van der Waals surface area contributed by atoms with E-state index in [1.807, 2.05) is 0 Å². The van der Waals surface area contributed by atoms with Gasteiger partial charge in [-0.2, -0.15) is 0 Å². The number of alkyl halides is 1. The minimum atomic E-state index is 0.348. The number of nitrogens with zero attached hydrogens (tertiary/aromatic N) is 2. The van der Waals surface area contributed by atoms with E-state index in [4.69, 9.17) is 34.8 Å². The van der Waals surface area contributed by atoms with Gasteiger partial charge in [0.25, 0.3) is 0 Å². The highest BCUT2D eigenvalue weighted by Gasteiger charge is 2.07. The molecule has 16 heavy (non-hydrogen) atoms. The Hall–Kier alpha value is -0.830. The van der Waals surface area contributed by atoms with Gasteiger partial charge >= 0.3 is 0 Å². The molecule has 0 saturated carbocycles. The molecule has 0 unspecified atom stereocenters. The molecule has 0 bridgehead atoms. The summed E-state index contributed by atoms with van der Waals surface area (Å²) in [5.41, 5.74) is 2.45. The lowest BCUT2D eigenvalue weighted by molar-refractivity contribution is 1.12. The summed E-state index contributed by atoms with van der Waals surface area (Å²) in [4.78, 5) is 8.11. The number of hydrogen-bond acceptors (Lipinski definition) is 2. The second-order valence-electron chi connectivity index (χ2n) is 3.19. The van der Waals surface area contributed by atoms with Crippen molar-refractivity contribution in [2.75, 3.05) is 0 Å². The van der Waals surface area contributed by atoms with Crippen molar-refractivity contribution in [3.05, 3.63) is 46.3 Å². The van der Waals surface area contributed by atoms with Crippen LogP contribution in [0.1, 0.15) is 5.56 Å². The maximum Gasteiger partial charge on any atom is 0.116 e. The van der Waals surface area contributed by atoms with Crippen LogP contribution in [0.25, 0.3) is 11.3 Å². The quantitative estimate of drug-likeness (QED) is 0.767. The molecule has 0 aliphatic carbocycles. The molecule has 1 aromatic carbocycles. The number of rotatable bonds is 2. The maximum absolute atomic E-state index is 5.93. The van der Waals surface area contributed by atoms with Crippen molar-refractivity contribution in [1.82, 2.24) is 9.97 Å². The summed E-state index contributed by atoms with van der Waals surface area (Å²) in [7, 11) is 0. The van der Waals surface area contributed by atoms with Crippen molar-refractivity contribution >= 4 is 34.8 Å². The molecule has 0 atom stereocenters. The monoisotopic (exact) mass is 272 g/mol. The minimum Gasteiger partial charge on any atom is -0.244 e. The molecule has 0 aliphatic heterocycles. The van der Waals surface area contributed by atoms with Crippen LogP contribution >= 0.6 is 34.8 Å². The Kier molecular flexibility index (Phi) is 3.64. The van der Waals surface area contributed by atoms with Crippen LogP contribution < -0.4 is 0 Å². The van der Waals surface area contributed by atoms with Gasteiger partial charge in [-0.3, -0.25) is 0 Å². The van der Waals surface area contributed by atoms with E-state index in [-0.39, 0.29) is 0 Å². The number of halogens is 3. The van der Waals surface area contributed by atoms with Crippen molar-refractivity contribution in [3.8, 4) is 11.3 Å². The largest absolute Gasteiger partial charge is 0.244 e. The summed E-state index contributed by atoms with van der Waals surface area (Å²) in [6, 6.07) is 5.27. The van der Waals surface area contributed by atoms with Gasteiger partial charge in [-0.15, -0.1) is 11.6 Å². The van der Waals surface area contributed by atoms with Gasteiger partial charge in [0.2, 0.25) is 0 Å². The van der Waals surface area contributed by atoms with Gasteiger partial charge in [0, 0.05) is 27.4 Å². The lowest BCUT2D eigenvalue weighted by Crippen LogP contribution is -1.92. The highest BCUT2D eigenvalue weighted by atomic mass is 35.5. The standard InChI is InChI=1S/C11H7Cl3N2/c12-4-8-5-15-6-16-11(8)7-1-9(13)3-10(14)2-7/h1-3,5-6H,4H2. The highest BCUT2D eigenvalue weighted by molar-refractivity contribution is 6.35. The molecule has 2 aromatic rings. The van der Waals surface area contributed by atoms with Gasteiger partial charge < -0.3 is 0 Å². The third kappa shape index (κ3) is 2.46. The molecule has 1 heterocycles. The second-order valence-corrected chi connectivity index (χ2v) is 4.33. The fourth-order valence-electron chi connectivity index (χ4n) is 1.41. The lowest BCUT2D eigenvalue weighted by Gasteiger charge is -2.06. The van der Waals surface area contributed by atoms with Crippen LogP contribution in [0, 0.1) is 0 Å². The van der Waals surface area contributed by atoms with Gasteiger partial charge in [0.05, 0.1) is 11.6 Å². The molecule has 2 nitrogen and oxygen atoms in total. The van der Waals surface area contributed by atoms with E-state index in [1.165, 1.54) is 6.33 Å². The minimum absolute atomic E-state index is 0.348. The van der Waals surface area contributed by atoms with Crippen LogP contribution in [0.2, 0.25) is 10.0 Å². The van der Waals surface area contributed by atoms with E-state index in [0.717, 1.165) is 16.8 Å². The Bertz CT molecular complexity index is 494. The zero-order valence-electron chi connectivity index (χ0n) is 8.12. The molecule has 5 heteroatoms. The molecule has 1 aromatic heterocycles. The molecule has 0 saturated heterocycles. The first kappa shape index (κ1) is 11.6. The summed E-state index contributed by atoms with van der Waals surface area (Å²) in [5.74, 6) is 0.348. The number of benzene rings is 1. The Morgan fingerprint density at radius 1 is 1.06 bits per heavy atom. The average molecular weight is 274 g/mol. The fraction of sp³-hybridized carbons (Fsp3) is 0.0909. The Labute approximate surface area is 108 Å². The van der Waals surface area contributed by atoms with Crippen molar-refractivity contribution in [1.29, 1.82) is 0 Å². The van der Waals surface area contributed by atoms with Gasteiger partial charge in [-0.1, -0.05) is 23.2 Å². The zero-order valence-corrected chi connectivity index (χ0v) is 10.4. The Balaban J connectivity index is 2.58. The van der Waals surface area contributed by atoms with Crippen LogP contribution in [-0.4, -0.2) is 9.97 Å². The van der Waals surface area contributed by atoms with Gasteiger partial charge in [0.15, 0.2) is 0 Å². The first-order valence-electron chi connectivity index (χ1n) is 4.52. The lowest BCUT2D eigenvalue weighted by atomic mass is 10.1. The molecule has 82 valence electrons. The molecule has 0 aliphatic rings. The van der Waals surface area contributed by atoms with Crippen LogP contribution in [0.15, 0.2) is 30.7 Å². The molecule has 0 amide bonds. The Morgan fingerprint density at radius 2 is 1.75 bits per heavy atom. The molecular formula is C11H7Cl3N2. The summed E-state index contributed by atoms with van der Waals surface area (Å²) in [5, 5.41) is 1.14. The highest BCUT2D eigenvalue weighted by Crippen LogP contribution is 2.28. The number of hydrogen-bond donors (Lipinski definition) is 0. The van der Waals surface area contributed by atoms with Gasteiger partial charge in [-0.25, -0.2) is 9.97 Å². The van der Waals surface area contributed by atoms with E-state index in [0.29, 0.717) is 15.9 Å². The fourth-order valence-corrected chi connectivity index (χ4v) is 2.13. The van der Waals surface area contributed by atoms with Crippen LogP contribution in [0.4, 0.5) is 0 Å². The van der Waals surface area contributed by atoms with Gasteiger partial charge in [-0.05, 0) is 18.2 Å². The van der Waals surface area contributed by atoms with Crippen molar-refractivity contribution in [2.45, 2.75) is 5.88 Å². The summed E-state index contributed by atoms with van der Waals surface area (Å²) in [6.45, 7) is 0. The zero-order chi connectivity index (χ0) is 11.5. The Morgan fingerprint density at radius 3 is 2.38 bits per heavy atom. The SMILES string of the molecule is ClCc1cncnc1-c1cc(Cl)cc(Cl)c1. The van der Waals surface area contributed by atoms with E-state index in [1.54, 1.807) is 24.4 Å². The van der Waals surface area contributed by atoms with E-state index in [9.17, 15) is 0 Å². The molecule has 2 rings (SSSR count). The van der Waals surface area contributed by atoms with Gasteiger partial charge in [0.1, 0.15) is 6.33 Å². The molecular weight excluding hydrogens is 266 g/mol. The number of aromatic nitrogens is 2. The second kappa shape index (κ2) is 5.00. The van der Waals surface area contributed by atoms with Crippen LogP contribution in [0.3, 0.4) is 0 Å². The van der Waals surface area contributed by atoms with Crippen molar-refractivity contribution in [2.24, 2.45) is 0 Å². The first-order chi connectivity index (χ1) is 7.70. The summed E-state index contributed by atoms with van der Waals surface area (Å²) >= 11 is 17.7. The topological polar surface area (TPSA) is 25.8 Å². The van der Waals surface area contributed by atoms with Crippen molar-refractivity contribution < 1.29 is 0 Å². The molecule has 0 fully saturated rings. The third-order valence-corrected chi connectivity index (χ3v) is 2.79. The smallest absolute Gasteiger partial charge is 0.116 e. The predicted octanol–water partition coefficient (Wildman–Crippen LogP) is 4.19. The third-order valence-electron chi connectivity index (χ3n) is 2.07. The molecule has 0 spiro atoms. The summed E-state index contributed by atoms with van der Waals surface area (Å²) < 4.78 is 0. The molecule has 0 N–H and O–H groups in total. The molecule has 0 radical (unpaired) electrons.